The molecule has 0 aliphatic heterocycles. The Bertz CT molecular complexity index is 1920. The number of carbonyl (C=O) groups is 2. The first-order valence-corrected chi connectivity index (χ1v) is 11.6. The molecule has 0 bridgehead atoms. The van der Waals surface area contributed by atoms with Crippen molar-refractivity contribution in [2.24, 2.45) is 0 Å². The van der Waals surface area contributed by atoms with Gasteiger partial charge in [0.15, 0.2) is 0 Å². The minimum absolute atomic E-state index is 0.0363. The zero-order valence-corrected chi connectivity index (χ0v) is 20.2. The van der Waals surface area contributed by atoms with E-state index < -0.39 is 50.4 Å². The van der Waals surface area contributed by atoms with E-state index in [0.29, 0.717) is 16.1 Å². The van der Waals surface area contributed by atoms with Gasteiger partial charge in [-0.2, -0.15) is 0 Å². The monoisotopic (exact) mass is 543 g/mol. The third kappa shape index (κ3) is 3.69. The van der Waals surface area contributed by atoms with Crippen LogP contribution in [0, 0.1) is 10.1 Å². The lowest BCUT2D eigenvalue weighted by Gasteiger charge is -2.22. The zero-order valence-electron chi connectivity index (χ0n) is 19.4. The van der Waals surface area contributed by atoms with Gasteiger partial charge in [0.05, 0.1) is 27.3 Å². The predicted molar refractivity (Wildman–Crippen MR) is 139 cm³/mol. The van der Waals surface area contributed by atoms with Gasteiger partial charge in [0, 0.05) is 22.8 Å². The lowest BCUT2D eigenvalue weighted by atomic mass is 9.81. The molecule has 1 heterocycles. The number of phenolic OH excluding ortho intramolecular Hbond substituents is 3. The van der Waals surface area contributed by atoms with Crippen LogP contribution in [0.3, 0.4) is 0 Å². The largest absolute Gasteiger partial charge is 0.507 e. The summed E-state index contributed by atoms with van der Waals surface area (Å²) in [7, 11) is 0. The van der Waals surface area contributed by atoms with E-state index in [-0.39, 0.29) is 28.4 Å². The molecule has 4 N–H and O–H groups in total. The van der Waals surface area contributed by atoms with Gasteiger partial charge in [0.25, 0.3) is 5.69 Å². The van der Waals surface area contributed by atoms with E-state index in [1.807, 2.05) is 0 Å². The highest BCUT2D eigenvalue weighted by atomic mass is 35.5. The van der Waals surface area contributed by atoms with Crippen LogP contribution in [-0.4, -0.2) is 46.8 Å². The molecule has 39 heavy (non-hydrogen) atoms. The number of carbonyl (C=O) groups excluding carboxylic acids is 2. The number of halogens is 1. The Labute approximate surface area is 222 Å². The fourth-order valence-corrected chi connectivity index (χ4v) is 4.69. The molecule has 192 valence electrons. The molecule has 0 atom stereocenters. The van der Waals surface area contributed by atoms with Crippen molar-refractivity contribution in [3.8, 4) is 22.9 Å². The first-order valence-electron chi connectivity index (χ1n) is 11.2. The number of fused-ring (bicyclic) bond motifs is 3. The van der Waals surface area contributed by atoms with Gasteiger partial charge in [-0.15, -0.1) is 15.0 Å². The number of aromatic hydroxyl groups is 3. The third-order valence-electron chi connectivity index (χ3n) is 6.26. The molecule has 13 heteroatoms. The van der Waals surface area contributed by atoms with Crippen LogP contribution in [0.4, 0.5) is 17.1 Å². The molecule has 0 fully saturated rings. The first-order chi connectivity index (χ1) is 18.6. The van der Waals surface area contributed by atoms with Crippen LogP contribution in [0.25, 0.3) is 16.7 Å². The van der Waals surface area contributed by atoms with Crippen molar-refractivity contribution in [1.82, 2.24) is 15.0 Å². The smallest absolute Gasteiger partial charge is 0.281 e. The molecule has 5 aromatic rings. The Hall–Kier alpha value is -5.49. The van der Waals surface area contributed by atoms with E-state index in [1.54, 1.807) is 24.3 Å². The van der Waals surface area contributed by atoms with Gasteiger partial charge in [-0.25, -0.2) is 0 Å². The minimum Gasteiger partial charge on any atom is -0.507 e. The van der Waals surface area contributed by atoms with Gasteiger partial charge in [-0.3, -0.25) is 19.7 Å². The summed E-state index contributed by atoms with van der Waals surface area (Å²) in [6, 6.07) is 13.7. The Balaban J connectivity index is 1.42. The second kappa shape index (κ2) is 8.53. The molecule has 6 rings (SSSR count). The third-order valence-corrected chi connectivity index (χ3v) is 6.50. The molecule has 1 aliphatic carbocycles. The molecule has 0 saturated heterocycles. The number of hydrogen-bond acceptors (Lipinski definition) is 10. The summed E-state index contributed by atoms with van der Waals surface area (Å²) in [6.45, 7) is 0. The number of nitro benzene ring substituents is 1. The summed E-state index contributed by atoms with van der Waals surface area (Å²) in [5.74, 6) is -3.28. The summed E-state index contributed by atoms with van der Waals surface area (Å²) in [5, 5.41) is 55.0. The van der Waals surface area contributed by atoms with Crippen LogP contribution in [0.15, 0.2) is 60.7 Å². The van der Waals surface area contributed by atoms with E-state index in [2.05, 4.69) is 15.5 Å². The Morgan fingerprint density at radius 1 is 0.769 bits per heavy atom. The molecule has 4 aromatic carbocycles. The average Bonchev–Trinajstić information content (AvgIpc) is 3.30. The molecule has 0 spiro atoms. The van der Waals surface area contributed by atoms with Gasteiger partial charge in [0.1, 0.15) is 39.5 Å². The molecule has 1 aromatic heterocycles. The Morgan fingerprint density at radius 3 is 2.15 bits per heavy atom. The number of phenols is 3. The van der Waals surface area contributed by atoms with E-state index in [4.69, 9.17) is 11.6 Å². The molecule has 0 amide bonds. The van der Waals surface area contributed by atoms with Crippen LogP contribution in [0.1, 0.15) is 31.8 Å². The topological polar surface area (TPSA) is 181 Å². The van der Waals surface area contributed by atoms with Gasteiger partial charge in [0.2, 0.25) is 11.6 Å². The highest BCUT2D eigenvalue weighted by molar-refractivity contribution is 6.33. The van der Waals surface area contributed by atoms with Crippen molar-refractivity contribution in [3.63, 3.8) is 0 Å². The summed E-state index contributed by atoms with van der Waals surface area (Å²) in [5.41, 5.74) is -0.909. The number of nitrogens with one attached hydrogen (secondary N) is 1. The van der Waals surface area contributed by atoms with Crippen molar-refractivity contribution in [3.05, 3.63) is 98.1 Å². The van der Waals surface area contributed by atoms with E-state index in [1.165, 1.54) is 29.1 Å². The normalized spacial score (nSPS) is 12.3. The first kappa shape index (κ1) is 23.9. The highest BCUT2D eigenvalue weighted by Crippen LogP contribution is 2.43. The standard InChI is InChI=1S/C26H14ClN5O7/c27-11-1-3-13-15(9-11)30-31(29-13)16-5-2-12(10-20(16)35)28-14-4-7-18(33)23-21(14)25(36)22-17(32(38)39)6-8-19(34)24(22)26(23)37/h1-10,28,33-35H. The maximum Gasteiger partial charge on any atom is 0.281 e. The van der Waals surface area contributed by atoms with E-state index in [9.17, 15) is 35.0 Å². The number of aromatic nitrogens is 3. The number of benzene rings is 4. The number of anilines is 2. The summed E-state index contributed by atoms with van der Waals surface area (Å²) in [4.78, 5) is 38.7. The van der Waals surface area contributed by atoms with Crippen LogP contribution in [-0.2, 0) is 0 Å². The van der Waals surface area contributed by atoms with Crippen LogP contribution >= 0.6 is 11.6 Å². The minimum atomic E-state index is -0.947. The Morgan fingerprint density at radius 2 is 1.44 bits per heavy atom. The number of nitrogens with zero attached hydrogens (tertiary/aromatic N) is 4. The van der Waals surface area contributed by atoms with Crippen molar-refractivity contribution >= 4 is 51.3 Å². The van der Waals surface area contributed by atoms with Crippen molar-refractivity contribution in [1.29, 1.82) is 0 Å². The predicted octanol–water partition coefficient (Wildman–Crippen LogP) is 4.62. The van der Waals surface area contributed by atoms with Gasteiger partial charge in [-0.05, 0) is 48.5 Å². The lowest BCUT2D eigenvalue weighted by molar-refractivity contribution is -0.385. The lowest BCUT2D eigenvalue weighted by Crippen LogP contribution is -2.23. The Kier molecular flexibility index (Phi) is 5.22. The fraction of sp³-hybridized carbons (Fsp3) is 0. The van der Waals surface area contributed by atoms with Crippen molar-refractivity contribution < 1.29 is 29.8 Å². The SMILES string of the molecule is O=C1c2c(O)ccc(Nc3ccc(-n4nc5ccc(Cl)cc5n4)c(O)c3)c2C(=O)c2c([N+](=O)[O-])ccc(O)c21. The van der Waals surface area contributed by atoms with Gasteiger partial charge >= 0.3 is 0 Å². The summed E-state index contributed by atoms with van der Waals surface area (Å²) in [6.07, 6.45) is 0. The van der Waals surface area contributed by atoms with Crippen LogP contribution < -0.4 is 5.32 Å². The second-order valence-electron chi connectivity index (χ2n) is 8.60. The molecule has 0 radical (unpaired) electrons. The highest BCUT2D eigenvalue weighted by Gasteiger charge is 2.40. The molecular formula is C26H14ClN5O7. The zero-order chi connectivity index (χ0) is 27.6. The van der Waals surface area contributed by atoms with Crippen molar-refractivity contribution in [2.75, 3.05) is 5.32 Å². The number of nitro groups is 1. The average molecular weight is 544 g/mol. The number of hydrogen-bond donors (Lipinski definition) is 4. The maximum atomic E-state index is 13.5. The second-order valence-corrected chi connectivity index (χ2v) is 9.04. The molecular weight excluding hydrogens is 530 g/mol. The number of rotatable bonds is 4. The summed E-state index contributed by atoms with van der Waals surface area (Å²) >= 11 is 6.00. The van der Waals surface area contributed by atoms with Gasteiger partial charge < -0.3 is 20.6 Å². The van der Waals surface area contributed by atoms with Gasteiger partial charge in [-0.1, -0.05) is 11.6 Å². The maximum absolute atomic E-state index is 13.5. The number of ketones is 2. The molecule has 1 aliphatic rings. The van der Waals surface area contributed by atoms with Crippen LogP contribution in [0.2, 0.25) is 5.02 Å². The fourth-order valence-electron chi connectivity index (χ4n) is 4.53. The van der Waals surface area contributed by atoms with E-state index >= 15 is 0 Å². The van der Waals surface area contributed by atoms with E-state index in [0.717, 1.165) is 12.1 Å². The molecule has 0 unspecified atom stereocenters. The molecule has 0 saturated carbocycles. The summed E-state index contributed by atoms with van der Waals surface area (Å²) < 4.78 is 0. The quantitative estimate of drug-likeness (QED) is 0.139. The molecule has 12 nitrogen and oxygen atoms in total. The van der Waals surface area contributed by atoms with Crippen molar-refractivity contribution in [2.45, 2.75) is 0 Å². The van der Waals surface area contributed by atoms with Crippen LogP contribution in [0.5, 0.6) is 17.2 Å².